The molecule has 0 bridgehead atoms. The van der Waals surface area contributed by atoms with Gasteiger partial charge >= 0.3 is 0 Å². The molecule has 86 valence electrons. The third kappa shape index (κ3) is 1.94. The number of nitrogens with zero attached hydrogens (tertiary/aromatic N) is 4. The van der Waals surface area contributed by atoms with Gasteiger partial charge in [0.05, 0.1) is 5.92 Å². The summed E-state index contributed by atoms with van der Waals surface area (Å²) < 4.78 is 5.22. The summed E-state index contributed by atoms with van der Waals surface area (Å²) >= 11 is 0. The Balaban J connectivity index is 1.86. The molecule has 0 aliphatic heterocycles. The first kappa shape index (κ1) is 10.1. The predicted octanol–water partition coefficient (Wildman–Crippen LogP) is 0.897. The number of rotatable bonds is 2. The summed E-state index contributed by atoms with van der Waals surface area (Å²) in [5.74, 6) is 1.19. The van der Waals surface area contributed by atoms with E-state index in [0.29, 0.717) is 17.4 Å². The number of hydrogen-bond acceptors (Lipinski definition) is 6. The molecule has 0 saturated carbocycles. The molecule has 0 amide bonds. The van der Waals surface area contributed by atoms with E-state index in [1.807, 2.05) is 12.2 Å². The van der Waals surface area contributed by atoms with Crippen LogP contribution in [0.2, 0.25) is 0 Å². The maximum atomic E-state index is 5.78. The highest BCUT2D eigenvalue weighted by atomic mass is 16.5. The van der Waals surface area contributed by atoms with Gasteiger partial charge in [-0.05, 0) is 12.5 Å². The van der Waals surface area contributed by atoms with E-state index in [4.69, 9.17) is 10.3 Å². The summed E-state index contributed by atoms with van der Waals surface area (Å²) in [4.78, 5) is 12.2. The highest BCUT2D eigenvalue weighted by Crippen LogP contribution is 2.27. The molecule has 1 aliphatic carbocycles. The Morgan fingerprint density at radius 2 is 2.29 bits per heavy atom. The Hall–Kier alpha value is -2.08. The quantitative estimate of drug-likeness (QED) is 0.769. The maximum Gasteiger partial charge on any atom is 0.234 e. The first-order chi connectivity index (χ1) is 8.33. The molecule has 0 spiro atoms. The number of hydrogen-bond donors (Lipinski definition) is 1. The van der Waals surface area contributed by atoms with Crippen LogP contribution in [-0.2, 0) is 0 Å². The summed E-state index contributed by atoms with van der Waals surface area (Å²) in [6.07, 6.45) is 7.87. The van der Waals surface area contributed by atoms with Crippen LogP contribution in [0.15, 0.2) is 35.3 Å². The average molecular weight is 229 g/mol. The molecule has 1 aliphatic rings. The molecule has 0 saturated heterocycles. The Morgan fingerprint density at radius 1 is 1.35 bits per heavy atom. The fourth-order valence-electron chi connectivity index (χ4n) is 1.82. The van der Waals surface area contributed by atoms with Crippen LogP contribution in [0, 0.1) is 0 Å². The molecule has 2 aromatic rings. The molecule has 2 aromatic heterocycles. The predicted molar refractivity (Wildman–Crippen MR) is 59.8 cm³/mol. The summed E-state index contributed by atoms with van der Waals surface area (Å²) in [5.41, 5.74) is 6.44. The van der Waals surface area contributed by atoms with E-state index in [-0.39, 0.29) is 12.0 Å². The molecule has 2 atom stereocenters. The van der Waals surface area contributed by atoms with Crippen LogP contribution in [0.3, 0.4) is 0 Å². The van der Waals surface area contributed by atoms with Crippen LogP contribution >= 0.6 is 0 Å². The van der Waals surface area contributed by atoms with Crippen molar-refractivity contribution >= 4 is 0 Å². The van der Waals surface area contributed by atoms with Crippen molar-refractivity contribution in [3.8, 4) is 11.5 Å². The van der Waals surface area contributed by atoms with Crippen molar-refractivity contribution in [2.75, 3.05) is 0 Å². The van der Waals surface area contributed by atoms with Gasteiger partial charge in [-0.3, -0.25) is 0 Å². The second-order valence-electron chi connectivity index (χ2n) is 3.94. The molecular weight excluding hydrogens is 218 g/mol. The van der Waals surface area contributed by atoms with Gasteiger partial charge in [-0.1, -0.05) is 17.3 Å². The molecule has 2 N–H and O–H groups in total. The standard InChI is InChI=1S/C11H11N5O/c12-8-2-1-7(5-8)11-15-10(16-17-11)9-3-4-13-6-14-9/h1-4,6-8H,5,12H2. The van der Waals surface area contributed by atoms with Gasteiger partial charge in [0.1, 0.15) is 12.0 Å². The zero-order chi connectivity index (χ0) is 11.7. The van der Waals surface area contributed by atoms with Crippen LogP contribution < -0.4 is 5.73 Å². The summed E-state index contributed by atoms with van der Waals surface area (Å²) in [6.45, 7) is 0. The lowest BCUT2D eigenvalue weighted by Crippen LogP contribution is -2.14. The van der Waals surface area contributed by atoms with E-state index in [1.165, 1.54) is 6.33 Å². The van der Waals surface area contributed by atoms with E-state index in [1.54, 1.807) is 12.3 Å². The van der Waals surface area contributed by atoms with E-state index in [9.17, 15) is 0 Å². The third-order valence-corrected chi connectivity index (χ3v) is 2.69. The number of allylic oxidation sites excluding steroid dienone is 1. The Bertz CT molecular complexity index is 536. The molecule has 0 radical (unpaired) electrons. The Morgan fingerprint density at radius 3 is 3.00 bits per heavy atom. The molecule has 0 aromatic carbocycles. The van der Waals surface area contributed by atoms with Crippen molar-refractivity contribution in [2.24, 2.45) is 5.73 Å². The van der Waals surface area contributed by atoms with Gasteiger partial charge in [-0.15, -0.1) is 0 Å². The summed E-state index contributed by atoms with van der Waals surface area (Å²) in [6, 6.07) is 1.82. The van der Waals surface area contributed by atoms with Crippen LogP contribution in [-0.4, -0.2) is 26.2 Å². The first-order valence-corrected chi connectivity index (χ1v) is 5.37. The van der Waals surface area contributed by atoms with Crippen molar-refractivity contribution in [1.29, 1.82) is 0 Å². The van der Waals surface area contributed by atoms with E-state index in [0.717, 1.165) is 6.42 Å². The summed E-state index contributed by atoms with van der Waals surface area (Å²) in [7, 11) is 0. The van der Waals surface area contributed by atoms with Crippen molar-refractivity contribution in [1.82, 2.24) is 20.1 Å². The van der Waals surface area contributed by atoms with Gasteiger partial charge in [0.15, 0.2) is 0 Å². The van der Waals surface area contributed by atoms with Gasteiger partial charge in [0.2, 0.25) is 11.7 Å². The Kier molecular flexibility index (Phi) is 2.41. The van der Waals surface area contributed by atoms with Crippen LogP contribution in [0.5, 0.6) is 0 Å². The largest absolute Gasteiger partial charge is 0.338 e. The van der Waals surface area contributed by atoms with Gasteiger partial charge in [0.25, 0.3) is 0 Å². The lowest BCUT2D eigenvalue weighted by atomic mass is 10.1. The van der Waals surface area contributed by atoms with Crippen molar-refractivity contribution < 1.29 is 4.52 Å². The van der Waals surface area contributed by atoms with Gasteiger partial charge < -0.3 is 10.3 Å². The second kappa shape index (κ2) is 4.06. The lowest BCUT2D eigenvalue weighted by Gasteiger charge is -2.01. The third-order valence-electron chi connectivity index (χ3n) is 2.69. The molecule has 0 fully saturated rings. The first-order valence-electron chi connectivity index (χ1n) is 5.37. The van der Waals surface area contributed by atoms with E-state index < -0.39 is 0 Å². The van der Waals surface area contributed by atoms with Crippen LogP contribution in [0.25, 0.3) is 11.5 Å². The van der Waals surface area contributed by atoms with Crippen molar-refractivity contribution in [3.05, 3.63) is 36.6 Å². The normalized spacial score (nSPS) is 23.1. The van der Waals surface area contributed by atoms with Gasteiger partial charge in [-0.2, -0.15) is 4.98 Å². The zero-order valence-electron chi connectivity index (χ0n) is 9.02. The molecule has 2 heterocycles. The minimum Gasteiger partial charge on any atom is -0.338 e. The van der Waals surface area contributed by atoms with Gasteiger partial charge in [-0.25, -0.2) is 9.97 Å². The lowest BCUT2D eigenvalue weighted by molar-refractivity contribution is 0.364. The average Bonchev–Trinajstić information content (AvgIpc) is 2.98. The molecular formula is C11H11N5O. The fraction of sp³-hybridized carbons (Fsp3) is 0.273. The van der Waals surface area contributed by atoms with Crippen molar-refractivity contribution in [2.45, 2.75) is 18.4 Å². The van der Waals surface area contributed by atoms with E-state index >= 15 is 0 Å². The topological polar surface area (TPSA) is 90.7 Å². The fourth-order valence-corrected chi connectivity index (χ4v) is 1.82. The smallest absolute Gasteiger partial charge is 0.234 e. The second-order valence-corrected chi connectivity index (χ2v) is 3.94. The minimum absolute atomic E-state index is 0.0781. The highest BCUT2D eigenvalue weighted by Gasteiger charge is 2.23. The van der Waals surface area contributed by atoms with Crippen molar-refractivity contribution in [3.63, 3.8) is 0 Å². The highest BCUT2D eigenvalue weighted by molar-refractivity contribution is 5.46. The molecule has 17 heavy (non-hydrogen) atoms. The molecule has 2 unspecified atom stereocenters. The number of aromatic nitrogens is 4. The monoisotopic (exact) mass is 229 g/mol. The van der Waals surface area contributed by atoms with Gasteiger partial charge in [0, 0.05) is 12.2 Å². The van der Waals surface area contributed by atoms with E-state index in [2.05, 4.69) is 20.1 Å². The van der Waals surface area contributed by atoms with Crippen LogP contribution in [0.1, 0.15) is 18.2 Å². The van der Waals surface area contributed by atoms with Crippen LogP contribution in [0.4, 0.5) is 0 Å². The number of nitrogens with two attached hydrogens (primary N) is 1. The minimum atomic E-state index is 0.0781. The molecule has 6 heteroatoms. The zero-order valence-corrected chi connectivity index (χ0v) is 9.02. The Labute approximate surface area is 97.6 Å². The molecule has 6 nitrogen and oxygen atoms in total. The summed E-state index contributed by atoms with van der Waals surface area (Å²) in [5, 5.41) is 3.90. The SMILES string of the molecule is NC1C=CC(c2nc(-c3ccncn3)no2)C1. The maximum absolute atomic E-state index is 5.78. The molecule has 3 rings (SSSR count).